The van der Waals surface area contributed by atoms with E-state index in [0.29, 0.717) is 44.9 Å². The first-order valence-electron chi connectivity index (χ1n) is 8.61. The van der Waals surface area contributed by atoms with E-state index in [-0.39, 0.29) is 11.8 Å². The van der Waals surface area contributed by atoms with Crippen molar-refractivity contribution in [2.24, 2.45) is 17.3 Å². The Morgan fingerprint density at radius 1 is 1.38 bits per heavy atom. The number of hydrogen-bond acceptors (Lipinski definition) is 6. The number of carbonyl (C=O) groups excluding carboxylic acids is 1. The zero-order valence-electron chi connectivity index (χ0n) is 13.6. The topological polar surface area (TPSA) is 86.6 Å². The molecule has 1 aromatic heterocycles. The van der Waals surface area contributed by atoms with E-state index < -0.39 is 11.4 Å². The number of nitrogens with zero attached hydrogens (tertiary/aromatic N) is 4. The van der Waals surface area contributed by atoms with Crippen molar-refractivity contribution >= 4 is 28.3 Å². The number of rotatable bonds is 4. The lowest BCUT2D eigenvalue weighted by Crippen LogP contribution is -2.42. The highest BCUT2D eigenvalue weighted by atomic mass is 32.1. The molecule has 1 N–H and O–H groups in total. The van der Waals surface area contributed by atoms with Crippen molar-refractivity contribution in [3.63, 3.8) is 0 Å². The van der Waals surface area contributed by atoms with Gasteiger partial charge in [0, 0.05) is 38.5 Å². The van der Waals surface area contributed by atoms with E-state index in [1.54, 1.807) is 5.51 Å². The molecule has 7 nitrogen and oxygen atoms in total. The maximum atomic E-state index is 12.5. The van der Waals surface area contributed by atoms with Crippen molar-refractivity contribution in [1.29, 1.82) is 0 Å². The number of hydrogen-bond donors (Lipinski definition) is 1. The molecule has 2 aliphatic heterocycles. The van der Waals surface area contributed by atoms with Gasteiger partial charge in [-0.1, -0.05) is 11.3 Å². The molecule has 2 saturated heterocycles. The highest BCUT2D eigenvalue weighted by Gasteiger charge is 2.54. The Hall–Kier alpha value is -1.70. The van der Waals surface area contributed by atoms with Crippen LogP contribution in [0.3, 0.4) is 0 Å². The third-order valence-corrected chi connectivity index (χ3v) is 6.50. The molecule has 1 amide bonds. The average Bonchev–Trinajstić information content (AvgIpc) is 3.10. The molecule has 0 spiro atoms. The predicted octanol–water partition coefficient (Wildman–Crippen LogP) is 1.47. The van der Waals surface area contributed by atoms with E-state index in [1.165, 1.54) is 11.3 Å². The molecule has 0 unspecified atom stereocenters. The number of aliphatic carboxylic acids is 1. The van der Waals surface area contributed by atoms with Crippen LogP contribution in [0.4, 0.5) is 5.13 Å². The summed E-state index contributed by atoms with van der Waals surface area (Å²) in [5.41, 5.74) is 0.892. The van der Waals surface area contributed by atoms with Gasteiger partial charge in [-0.2, -0.15) is 0 Å². The van der Waals surface area contributed by atoms with Gasteiger partial charge in [0.05, 0.1) is 5.41 Å². The van der Waals surface area contributed by atoms with Crippen molar-refractivity contribution in [3.8, 4) is 0 Å². The number of carboxylic acid groups (broad SMARTS) is 1. The third-order valence-electron chi connectivity index (χ3n) is 5.74. The summed E-state index contributed by atoms with van der Waals surface area (Å²) in [5, 5.41) is 18.7. The average molecular weight is 350 g/mol. The summed E-state index contributed by atoms with van der Waals surface area (Å²) in [6.07, 6.45) is 4.32. The Morgan fingerprint density at radius 2 is 2.21 bits per heavy atom. The van der Waals surface area contributed by atoms with Gasteiger partial charge in [-0.05, 0) is 31.6 Å². The van der Waals surface area contributed by atoms with Crippen LogP contribution in [0.25, 0.3) is 0 Å². The van der Waals surface area contributed by atoms with Gasteiger partial charge in [0.25, 0.3) is 0 Å². The molecular weight excluding hydrogens is 328 g/mol. The molecular formula is C16H22N4O3S. The second kappa shape index (κ2) is 5.98. The lowest BCUT2D eigenvalue weighted by molar-refractivity contribution is -0.151. The number of carboxylic acids is 1. The van der Waals surface area contributed by atoms with Gasteiger partial charge >= 0.3 is 5.97 Å². The predicted molar refractivity (Wildman–Crippen MR) is 88.8 cm³/mol. The van der Waals surface area contributed by atoms with E-state index in [1.807, 2.05) is 9.80 Å². The zero-order valence-corrected chi connectivity index (χ0v) is 14.4. The van der Waals surface area contributed by atoms with Gasteiger partial charge in [-0.15, -0.1) is 10.2 Å². The summed E-state index contributed by atoms with van der Waals surface area (Å²) in [6, 6.07) is 0. The van der Waals surface area contributed by atoms with Crippen molar-refractivity contribution in [1.82, 2.24) is 15.1 Å². The number of fused-ring (bicyclic) bond motifs is 1. The molecule has 3 aliphatic rings. The van der Waals surface area contributed by atoms with Crippen LogP contribution in [0.15, 0.2) is 5.51 Å². The lowest BCUT2D eigenvalue weighted by atomic mass is 9.75. The first-order chi connectivity index (χ1) is 11.6. The van der Waals surface area contributed by atoms with Gasteiger partial charge in [0.1, 0.15) is 5.51 Å². The molecule has 1 aromatic rings. The summed E-state index contributed by atoms with van der Waals surface area (Å²) in [6.45, 7) is 2.34. The number of carbonyl (C=O) groups is 2. The third kappa shape index (κ3) is 2.76. The molecule has 0 bridgehead atoms. The quantitative estimate of drug-likeness (QED) is 0.885. The van der Waals surface area contributed by atoms with Crippen LogP contribution in [-0.2, 0) is 9.59 Å². The fourth-order valence-electron chi connectivity index (χ4n) is 4.16. The fraction of sp³-hybridized carbons (Fsp3) is 0.750. The SMILES string of the molecule is O=C(CC1CC1)N1CCC[C@]2(C(=O)O)CN(c3nncs3)C[C@@H]2C1. The van der Waals surface area contributed by atoms with Crippen LogP contribution < -0.4 is 4.90 Å². The minimum absolute atomic E-state index is 0.0513. The van der Waals surface area contributed by atoms with Gasteiger partial charge in [-0.25, -0.2) is 0 Å². The molecule has 4 rings (SSSR count). The minimum Gasteiger partial charge on any atom is -0.481 e. The Balaban J connectivity index is 1.54. The van der Waals surface area contributed by atoms with Crippen molar-refractivity contribution in [3.05, 3.63) is 5.51 Å². The van der Waals surface area contributed by atoms with Crippen molar-refractivity contribution < 1.29 is 14.7 Å². The van der Waals surface area contributed by atoms with Crippen LogP contribution in [-0.4, -0.2) is 58.3 Å². The standard InChI is InChI=1S/C16H22N4O3S/c21-13(6-11-2-3-11)19-5-1-4-16(14(22)23)9-20(8-12(16)7-19)15-18-17-10-24-15/h10-12H,1-9H2,(H,22,23)/t12-,16-/m0/s1. The van der Waals surface area contributed by atoms with Crippen LogP contribution in [0.5, 0.6) is 0 Å². The van der Waals surface area contributed by atoms with E-state index >= 15 is 0 Å². The summed E-state index contributed by atoms with van der Waals surface area (Å²) in [7, 11) is 0. The number of anilines is 1. The first-order valence-corrected chi connectivity index (χ1v) is 9.49. The minimum atomic E-state index is -0.777. The molecule has 8 heteroatoms. The normalized spacial score (nSPS) is 30.1. The van der Waals surface area contributed by atoms with Crippen LogP contribution in [0, 0.1) is 17.3 Å². The largest absolute Gasteiger partial charge is 0.481 e. The summed E-state index contributed by atoms with van der Waals surface area (Å²) in [4.78, 5) is 28.6. The summed E-state index contributed by atoms with van der Waals surface area (Å²) >= 11 is 1.44. The van der Waals surface area contributed by atoms with Crippen LogP contribution in [0.2, 0.25) is 0 Å². The van der Waals surface area contributed by atoms with Gasteiger partial charge in [0.15, 0.2) is 0 Å². The van der Waals surface area contributed by atoms with E-state index in [4.69, 9.17) is 0 Å². The number of aromatic nitrogens is 2. The zero-order chi connectivity index (χ0) is 16.7. The molecule has 1 aliphatic carbocycles. The molecule has 1 saturated carbocycles. The Kier molecular flexibility index (Phi) is 3.94. The molecule has 130 valence electrons. The Labute approximate surface area is 144 Å². The highest BCUT2D eigenvalue weighted by molar-refractivity contribution is 7.13. The molecule has 24 heavy (non-hydrogen) atoms. The molecule has 0 aromatic carbocycles. The molecule has 0 radical (unpaired) electrons. The van der Waals surface area contributed by atoms with Crippen LogP contribution in [0.1, 0.15) is 32.1 Å². The van der Waals surface area contributed by atoms with Gasteiger partial charge in [-0.3, -0.25) is 9.59 Å². The maximum absolute atomic E-state index is 12.5. The second-order valence-corrected chi connectivity index (χ2v) is 8.16. The highest BCUT2D eigenvalue weighted by Crippen LogP contribution is 2.45. The molecule has 3 heterocycles. The Bertz CT molecular complexity index is 633. The monoisotopic (exact) mass is 350 g/mol. The molecule has 3 fully saturated rings. The van der Waals surface area contributed by atoms with E-state index in [2.05, 4.69) is 10.2 Å². The number of likely N-dealkylation sites (tertiary alicyclic amines) is 1. The Morgan fingerprint density at radius 3 is 2.88 bits per heavy atom. The second-order valence-electron chi connectivity index (χ2n) is 7.35. The summed E-state index contributed by atoms with van der Waals surface area (Å²) < 4.78 is 0. The number of amides is 1. The van der Waals surface area contributed by atoms with E-state index in [0.717, 1.165) is 24.4 Å². The maximum Gasteiger partial charge on any atom is 0.311 e. The summed E-state index contributed by atoms with van der Waals surface area (Å²) in [5.74, 6) is -0.0277. The lowest BCUT2D eigenvalue weighted by Gasteiger charge is -2.29. The van der Waals surface area contributed by atoms with Gasteiger partial charge in [0.2, 0.25) is 11.0 Å². The van der Waals surface area contributed by atoms with E-state index in [9.17, 15) is 14.7 Å². The van der Waals surface area contributed by atoms with Gasteiger partial charge < -0.3 is 14.9 Å². The molecule has 2 atom stereocenters. The fourth-order valence-corrected chi connectivity index (χ4v) is 4.73. The van der Waals surface area contributed by atoms with Crippen molar-refractivity contribution in [2.75, 3.05) is 31.1 Å². The first kappa shape index (κ1) is 15.8. The van der Waals surface area contributed by atoms with Crippen LogP contribution >= 0.6 is 11.3 Å². The smallest absolute Gasteiger partial charge is 0.311 e. The van der Waals surface area contributed by atoms with Crippen molar-refractivity contribution in [2.45, 2.75) is 32.1 Å².